The molecular weight excluding hydrogens is 193 g/mol. The first kappa shape index (κ1) is 11.5. The number of hydrogen-bond donors (Lipinski definition) is 0. The minimum absolute atomic E-state index is 0.114. The molecule has 1 aliphatic carbocycles. The molecule has 0 N–H and O–H groups in total. The average Bonchev–Trinajstić information content (AvgIpc) is 2.46. The van der Waals surface area contributed by atoms with E-state index in [0.29, 0.717) is 0 Å². The molecule has 1 saturated carbocycles. The van der Waals surface area contributed by atoms with E-state index in [9.17, 15) is 18.0 Å². The van der Waals surface area contributed by atoms with Crippen molar-refractivity contribution in [1.29, 1.82) is 0 Å². The molecule has 2 unspecified atom stereocenters. The van der Waals surface area contributed by atoms with Crippen LogP contribution in [0.15, 0.2) is 0 Å². The Kier molecular flexibility index (Phi) is 3.56. The van der Waals surface area contributed by atoms with Crippen LogP contribution >= 0.6 is 0 Å². The fraction of sp³-hybridized carbons (Fsp3) is 0.900. The third-order valence-corrected chi connectivity index (χ3v) is 2.93. The van der Waals surface area contributed by atoms with E-state index in [-0.39, 0.29) is 24.0 Å². The zero-order valence-electron chi connectivity index (χ0n) is 8.23. The summed E-state index contributed by atoms with van der Waals surface area (Å²) < 4.78 is 35.5. The molecule has 0 spiro atoms. The van der Waals surface area contributed by atoms with Crippen molar-refractivity contribution in [3.63, 3.8) is 0 Å². The van der Waals surface area contributed by atoms with Crippen LogP contribution in [0.25, 0.3) is 0 Å². The number of carbonyl (C=O) groups excluding carboxylic acids is 1. The van der Waals surface area contributed by atoms with Crippen LogP contribution in [0.1, 0.15) is 39.0 Å². The molecule has 82 valence electrons. The lowest BCUT2D eigenvalue weighted by atomic mass is 9.91. The molecule has 2 atom stereocenters. The average molecular weight is 208 g/mol. The Morgan fingerprint density at radius 3 is 2.43 bits per heavy atom. The smallest absolute Gasteiger partial charge is 0.299 e. The standard InChI is InChI=1S/C10H15F3O/c1-7-3-2-4-8(7)9(14)5-6-10(11,12)13/h7-8H,2-6H2,1H3. The summed E-state index contributed by atoms with van der Waals surface area (Å²) in [6.07, 6.45) is -2.77. The third-order valence-electron chi connectivity index (χ3n) is 2.93. The molecule has 1 fully saturated rings. The molecule has 0 heterocycles. The Hall–Kier alpha value is -0.540. The maximum absolute atomic E-state index is 11.8. The Morgan fingerprint density at radius 1 is 1.36 bits per heavy atom. The topological polar surface area (TPSA) is 17.1 Å². The molecule has 0 aromatic carbocycles. The second-order valence-corrected chi connectivity index (χ2v) is 4.10. The van der Waals surface area contributed by atoms with Gasteiger partial charge in [0, 0.05) is 12.3 Å². The van der Waals surface area contributed by atoms with E-state index in [1.807, 2.05) is 6.92 Å². The van der Waals surface area contributed by atoms with Gasteiger partial charge in [0.15, 0.2) is 0 Å². The second-order valence-electron chi connectivity index (χ2n) is 4.10. The fourth-order valence-corrected chi connectivity index (χ4v) is 2.07. The van der Waals surface area contributed by atoms with Gasteiger partial charge in [-0.15, -0.1) is 0 Å². The minimum atomic E-state index is -4.20. The van der Waals surface area contributed by atoms with Gasteiger partial charge < -0.3 is 0 Å². The molecule has 0 aromatic heterocycles. The number of alkyl halides is 3. The summed E-state index contributed by atoms with van der Waals surface area (Å²) in [5, 5.41) is 0. The second kappa shape index (κ2) is 4.32. The number of ketones is 1. The lowest BCUT2D eigenvalue weighted by molar-refractivity contribution is -0.145. The summed E-state index contributed by atoms with van der Waals surface area (Å²) in [5.74, 6) is -0.0413. The van der Waals surface area contributed by atoms with Crippen LogP contribution in [0.5, 0.6) is 0 Å². The SMILES string of the molecule is CC1CCCC1C(=O)CCC(F)(F)F. The Morgan fingerprint density at radius 2 is 2.00 bits per heavy atom. The van der Waals surface area contributed by atoms with Gasteiger partial charge in [-0.05, 0) is 18.8 Å². The quantitative estimate of drug-likeness (QED) is 0.695. The van der Waals surface area contributed by atoms with Gasteiger partial charge in [0.2, 0.25) is 0 Å². The molecule has 4 heteroatoms. The van der Waals surface area contributed by atoms with Crippen LogP contribution in [-0.2, 0) is 4.79 Å². The van der Waals surface area contributed by atoms with Crippen molar-refractivity contribution in [2.45, 2.75) is 45.2 Å². The Balaban J connectivity index is 2.35. The van der Waals surface area contributed by atoms with Gasteiger partial charge in [0.25, 0.3) is 0 Å². The van der Waals surface area contributed by atoms with Gasteiger partial charge >= 0.3 is 6.18 Å². The highest BCUT2D eigenvalue weighted by molar-refractivity contribution is 5.81. The highest BCUT2D eigenvalue weighted by Crippen LogP contribution is 2.33. The lowest BCUT2D eigenvalue weighted by Gasteiger charge is -2.14. The largest absolute Gasteiger partial charge is 0.389 e. The molecule has 0 aromatic rings. The van der Waals surface area contributed by atoms with Gasteiger partial charge in [0.1, 0.15) is 5.78 Å². The summed E-state index contributed by atoms with van der Waals surface area (Å²) in [5.41, 5.74) is 0. The van der Waals surface area contributed by atoms with Crippen molar-refractivity contribution >= 4 is 5.78 Å². The Bertz CT molecular complexity index is 210. The highest BCUT2D eigenvalue weighted by Gasteiger charge is 2.33. The molecular formula is C10H15F3O. The molecule has 0 amide bonds. The van der Waals surface area contributed by atoms with Crippen LogP contribution in [0.4, 0.5) is 13.2 Å². The van der Waals surface area contributed by atoms with E-state index < -0.39 is 12.6 Å². The van der Waals surface area contributed by atoms with Crippen LogP contribution in [-0.4, -0.2) is 12.0 Å². The molecule has 14 heavy (non-hydrogen) atoms. The zero-order valence-corrected chi connectivity index (χ0v) is 8.23. The van der Waals surface area contributed by atoms with Crippen molar-refractivity contribution in [3.8, 4) is 0 Å². The first-order valence-electron chi connectivity index (χ1n) is 4.99. The summed E-state index contributed by atoms with van der Waals surface area (Å²) in [6.45, 7) is 1.95. The Labute approximate surface area is 81.7 Å². The van der Waals surface area contributed by atoms with Crippen molar-refractivity contribution in [2.24, 2.45) is 11.8 Å². The van der Waals surface area contributed by atoms with E-state index in [1.165, 1.54) is 0 Å². The van der Waals surface area contributed by atoms with Crippen molar-refractivity contribution < 1.29 is 18.0 Å². The molecule has 1 aliphatic rings. The zero-order chi connectivity index (χ0) is 10.8. The van der Waals surface area contributed by atoms with E-state index in [1.54, 1.807) is 0 Å². The lowest BCUT2D eigenvalue weighted by Crippen LogP contribution is -2.19. The summed E-state index contributed by atoms with van der Waals surface area (Å²) in [6, 6.07) is 0. The van der Waals surface area contributed by atoms with Crippen LogP contribution in [0.2, 0.25) is 0 Å². The minimum Gasteiger partial charge on any atom is -0.299 e. The van der Waals surface area contributed by atoms with Gasteiger partial charge in [-0.25, -0.2) is 0 Å². The predicted octanol–water partition coefficient (Wildman–Crippen LogP) is 3.33. The van der Waals surface area contributed by atoms with Gasteiger partial charge in [-0.3, -0.25) is 4.79 Å². The fourth-order valence-electron chi connectivity index (χ4n) is 2.07. The molecule has 0 bridgehead atoms. The first-order chi connectivity index (χ1) is 6.40. The van der Waals surface area contributed by atoms with Gasteiger partial charge in [-0.2, -0.15) is 13.2 Å². The summed E-state index contributed by atoms with van der Waals surface area (Å²) >= 11 is 0. The normalized spacial score (nSPS) is 28.0. The van der Waals surface area contributed by atoms with Crippen molar-refractivity contribution in [3.05, 3.63) is 0 Å². The van der Waals surface area contributed by atoms with Crippen molar-refractivity contribution in [2.75, 3.05) is 0 Å². The molecule has 0 aliphatic heterocycles. The van der Waals surface area contributed by atoms with Crippen molar-refractivity contribution in [1.82, 2.24) is 0 Å². The number of carbonyl (C=O) groups is 1. The van der Waals surface area contributed by atoms with E-state index in [2.05, 4.69) is 0 Å². The maximum Gasteiger partial charge on any atom is 0.389 e. The number of hydrogen-bond acceptors (Lipinski definition) is 1. The maximum atomic E-state index is 11.8. The van der Waals surface area contributed by atoms with E-state index in [4.69, 9.17) is 0 Å². The van der Waals surface area contributed by atoms with Crippen LogP contribution in [0.3, 0.4) is 0 Å². The monoisotopic (exact) mass is 208 g/mol. The molecule has 0 saturated heterocycles. The first-order valence-corrected chi connectivity index (χ1v) is 4.99. The van der Waals surface area contributed by atoms with Crippen LogP contribution in [0, 0.1) is 11.8 Å². The number of Topliss-reactive ketones (excluding diaryl/α,β-unsaturated/α-hetero) is 1. The molecule has 0 radical (unpaired) electrons. The van der Waals surface area contributed by atoms with Gasteiger partial charge in [0.05, 0.1) is 6.42 Å². The number of halogens is 3. The van der Waals surface area contributed by atoms with E-state index in [0.717, 1.165) is 19.3 Å². The highest BCUT2D eigenvalue weighted by atomic mass is 19.4. The van der Waals surface area contributed by atoms with E-state index >= 15 is 0 Å². The number of rotatable bonds is 3. The summed E-state index contributed by atoms with van der Waals surface area (Å²) in [4.78, 5) is 11.4. The molecule has 1 rings (SSSR count). The predicted molar refractivity (Wildman–Crippen MR) is 46.8 cm³/mol. The summed E-state index contributed by atoms with van der Waals surface area (Å²) in [7, 11) is 0. The molecule has 1 nitrogen and oxygen atoms in total. The third kappa shape index (κ3) is 3.31. The van der Waals surface area contributed by atoms with Gasteiger partial charge in [-0.1, -0.05) is 13.3 Å². The van der Waals surface area contributed by atoms with Crippen LogP contribution < -0.4 is 0 Å².